The summed E-state index contributed by atoms with van der Waals surface area (Å²) in [6.07, 6.45) is 4.88. The van der Waals surface area contributed by atoms with Gasteiger partial charge in [-0.25, -0.2) is 0 Å². The van der Waals surface area contributed by atoms with E-state index in [0.29, 0.717) is 0 Å². The van der Waals surface area contributed by atoms with Gasteiger partial charge in [0.25, 0.3) is 0 Å². The standard InChI is InChI=1S/2C13H15.C2H6Si.2CH3.Hf/c2*1-3-6-11-9-12-7-4-5-8-13(12)10(11)2;1-3-2;;;/h2*4-5,7-9H,3,6H2,1-2H3;1-2H3;2*1H3;/q2*-1;;2*-1;+4. The van der Waals surface area contributed by atoms with Crippen LogP contribution in [0.2, 0.25) is 13.1 Å². The normalized spacial score (nSPS) is 9.44. The molecule has 0 aliphatic carbocycles. The van der Waals surface area contributed by atoms with Crippen molar-refractivity contribution in [1.29, 1.82) is 0 Å². The Kier molecular flexibility index (Phi) is 17.8. The van der Waals surface area contributed by atoms with E-state index in [0.717, 1.165) is 9.52 Å². The molecule has 0 saturated heterocycles. The molecule has 0 unspecified atom stereocenters. The van der Waals surface area contributed by atoms with Crippen molar-refractivity contribution in [3.05, 3.63) is 97.8 Å². The molecule has 2 radical (unpaired) electrons. The van der Waals surface area contributed by atoms with Gasteiger partial charge in [0.05, 0.1) is 0 Å². The minimum atomic E-state index is 0. The van der Waals surface area contributed by atoms with Crippen molar-refractivity contribution in [2.75, 3.05) is 0 Å². The van der Waals surface area contributed by atoms with Gasteiger partial charge in [-0.2, -0.15) is 11.1 Å². The Balaban J connectivity index is 0. The van der Waals surface area contributed by atoms with Crippen molar-refractivity contribution in [2.45, 2.75) is 66.5 Å². The number of hydrogen-bond donors (Lipinski definition) is 0. The van der Waals surface area contributed by atoms with Crippen LogP contribution in [0.3, 0.4) is 0 Å². The van der Waals surface area contributed by atoms with Gasteiger partial charge in [0.1, 0.15) is 0 Å². The molecule has 0 amide bonds. The van der Waals surface area contributed by atoms with E-state index in [1.54, 1.807) is 0 Å². The van der Waals surface area contributed by atoms with Crippen LogP contribution in [0.4, 0.5) is 0 Å². The summed E-state index contributed by atoms with van der Waals surface area (Å²) >= 11 is 0. The van der Waals surface area contributed by atoms with Crippen LogP contribution in [0.15, 0.2) is 60.7 Å². The molecule has 0 heterocycles. The maximum absolute atomic E-state index is 2.33. The van der Waals surface area contributed by atoms with E-state index in [1.165, 1.54) is 69.5 Å². The number of benzene rings is 2. The predicted octanol–water partition coefficient (Wildman–Crippen LogP) is 9.32. The predicted molar refractivity (Wildman–Crippen MR) is 147 cm³/mol. The third-order valence-electron chi connectivity index (χ3n) is 5.39. The largest absolute Gasteiger partial charge is 4.00 e. The zero-order valence-corrected chi connectivity index (χ0v) is 26.2. The molecule has 32 heavy (non-hydrogen) atoms. The van der Waals surface area contributed by atoms with Crippen LogP contribution in [0.25, 0.3) is 21.5 Å². The van der Waals surface area contributed by atoms with E-state index < -0.39 is 0 Å². The fraction of sp³-hybridized carbons (Fsp3) is 0.333. The molecule has 0 aliphatic rings. The molecule has 0 bridgehead atoms. The third-order valence-corrected chi connectivity index (χ3v) is 5.39. The van der Waals surface area contributed by atoms with E-state index in [9.17, 15) is 0 Å². The number of hydrogen-bond acceptors (Lipinski definition) is 0. The first-order chi connectivity index (χ1) is 14.1. The van der Waals surface area contributed by atoms with Gasteiger partial charge in [0.15, 0.2) is 0 Å². The first-order valence-corrected chi connectivity index (χ1v) is 12.9. The van der Waals surface area contributed by atoms with E-state index in [-0.39, 0.29) is 40.7 Å². The molecular weight excluding hydrogens is 567 g/mol. The van der Waals surface area contributed by atoms with Gasteiger partial charge in [0, 0.05) is 9.52 Å². The van der Waals surface area contributed by atoms with Crippen LogP contribution in [-0.4, -0.2) is 9.52 Å². The van der Waals surface area contributed by atoms with E-state index in [2.05, 4.69) is 101 Å². The average Bonchev–Trinajstić information content (AvgIpc) is 3.21. The molecule has 0 atom stereocenters. The van der Waals surface area contributed by atoms with Crippen LogP contribution >= 0.6 is 0 Å². The van der Waals surface area contributed by atoms with E-state index in [4.69, 9.17) is 0 Å². The van der Waals surface area contributed by atoms with Crippen molar-refractivity contribution in [3.63, 3.8) is 0 Å². The van der Waals surface area contributed by atoms with Gasteiger partial charge in [-0.15, -0.1) is 81.2 Å². The van der Waals surface area contributed by atoms with Gasteiger partial charge < -0.3 is 14.9 Å². The second kappa shape index (κ2) is 17.3. The van der Waals surface area contributed by atoms with Crippen LogP contribution in [0, 0.1) is 28.7 Å². The Hall–Kier alpha value is -1.25. The molecule has 4 aromatic carbocycles. The van der Waals surface area contributed by atoms with Crippen LogP contribution in [0.5, 0.6) is 0 Å². The van der Waals surface area contributed by atoms with Crippen molar-refractivity contribution in [3.8, 4) is 0 Å². The molecule has 0 spiro atoms. The molecule has 4 rings (SSSR count). The summed E-state index contributed by atoms with van der Waals surface area (Å²) in [5.74, 6) is 0. The Morgan fingerprint density at radius 2 is 0.969 bits per heavy atom. The maximum atomic E-state index is 2.33. The van der Waals surface area contributed by atoms with E-state index >= 15 is 0 Å². The minimum Gasteiger partial charge on any atom is -0.358 e. The molecule has 170 valence electrons. The quantitative estimate of drug-likeness (QED) is 0.160. The SMILES string of the molecule is CCCc1[cH-]c2ccccc2c1C.CCCc1[cH-]c2ccccc2c1C.C[Si]C.[CH3-].[CH3-].[Hf+4]. The summed E-state index contributed by atoms with van der Waals surface area (Å²) in [7, 11) is 1.08. The molecule has 0 aromatic heterocycles. The summed E-state index contributed by atoms with van der Waals surface area (Å²) in [6, 6.07) is 21.9. The minimum absolute atomic E-state index is 0. The van der Waals surface area contributed by atoms with Crippen molar-refractivity contribution in [1.82, 2.24) is 0 Å². The Morgan fingerprint density at radius 3 is 1.25 bits per heavy atom. The van der Waals surface area contributed by atoms with Crippen LogP contribution < -0.4 is 0 Å². The van der Waals surface area contributed by atoms with Gasteiger partial charge in [-0.05, 0) is 12.8 Å². The summed E-state index contributed by atoms with van der Waals surface area (Å²) in [5.41, 5.74) is 5.97. The first-order valence-electron chi connectivity index (χ1n) is 10.9. The van der Waals surface area contributed by atoms with E-state index in [1.807, 2.05) is 0 Å². The van der Waals surface area contributed by atoms with Gasteiger partial charge in [-0.1, -0.05) is 65.8 Å². The Bertz CT molecular complexity index is 924. The second-order valence-corrected chi connectivity index (χ2v) is 8.76. The zero-order chi connectivity index (χ0) is 21.2. The molecule has 0 N–H and O–H groups in total. The number of aryl methyl sites for hydroxylation is 4. The maximum Gasteiger partial charge on any atom is 4.00 e. The fourth-order valence-electron chi connectivity index (χ4n) is 3.92. The summed E-state index contributed by atoms with van der Waals surface area (Å²) < 4.78 is 0. The fourth-order valence-corrected chi connectivity index (χ4v) is 3.92. The molecule has 0 nitrogen and oxygen atoms in total. The topological polar surface area (TPSA) is 0 Å². The van der Waals surface area contributed by atoms with Crippen molar-refractivity contribution in [2.24, 2.45) is 0 Å². The summed E-state index contributed by atoms with van der Waals surface area (Å²) in [6.45, 7) is 13.2. The summed E-state index contributed by atoms with van der Waals surface area (Å²) in [4.78, 5) is 0. The van der Waals surface area contributed by atoms with Crippen molar-refractivity contribution < 1.29 is 25.8 Å². The van der Waals surface area contributed by atoms with Crippen LogP contribution in [0.1, 0.15) is 48.9 Å². The second-order valence-electron chi connectivity index (χ2n) is 7.76. The number of rotatable bonds is 4. The van der Waals surface area contributed by atoms with Crippen LogP contribution in [-0.2, 0) is 38.7 Å². The Labute approximate surface area is 220 Å². The zero-order valence-electron chi connectivity index (χ0n) is 21.6. The van der Waals surface area contributed by atoms with Crippen molar-refractivity contribution >= 4 is 31.1 Å². The Morgan fingerprint density at radius 1 is 0.656 bits per heavy atom. The third kappa shape index (κ3) is 8.59. The molecule has 0 fully saturated rings. The monoisotopic (exact) mass is 610 g/mol. The number of fused-ring (bicyclic) bond motifs is 2. The average molecular weight is 609 g/mol. The summed E-state index contributed by atoms with van der Waals surface area (Å²) in [5, 5.41) is 5.63. The molecular formula is C30H42HfSi. The van der Waals surface area contributed by atoms with Gasteiger partial charge in [-0.3, -0.25) is 0 Å². The van der Waals surface area contributed by atoms with Gasteiger partial charge >= 0.3 is 25.8 Å². The first kappa shape index (κ1) is 32.9. The molecule has 2 heteroatoms. The molecule has 4 aromatic rings. The van der Waals surface area contributed by atoms with Gasteiger partial charge in [0.2, 0.25) is 0 Å². The smallest absolute Gasteiger partial charge is 0.358 e. The molecule has 0 saturated carbocycles. The molecule has 0 aliphatic heterocycles.